The lowest BCUT2D eigenvalue weighted by molar-refractivity contribution is -0.136. The molecule has 0 spiro atoms. The van der Waals surface area contributed by atoms with E-state index < -0.39 is 5.97 Å². The fourth-order valence-corrected chi connectivity index (χ4v) is 1.79. The van der Waals surface area contributed by atoms with Crippen LogP contribution in [-0.2, 0) is 11.2 Å². The zero-order valence-corrected chi connectivity index (χ0v) is 8.78. The van der Waals surface area contributed by atoms with Gasteiger partial charge in [-0.05, 0) is 6.07 Å². The van der Waals surface area contributed by atoms with Crippen LogP contribution in [0.1, 0.15) is 15.9 Å². The van der Waals surface area contributed by atoms with Gasteiger partial charge in [0.15, 0.2) is 17.8 Å². The number of carboxylic acids is 1. The van der Waals surface area contributed by atoms with E-state index in [-0.39, 0.29) is 35.3 Å². The number of ether oxygens (including phenoxy) is 2. The number of carboxylic acid groups (broad SMARTS) is 1. The number of rotatable bonds is 3. The highest BCUT2D eigenvalue weighted by molar-refractivity contribution is 6.32. The second-order valence-corrected chi connectivity index (χ2v) is 3.59. The molecular formula is C10H7ClO5. The van der Waals surface area contributed by atoms with Crippen LogP contribution in [0.2, 0.25) is 5.02 Å². The molecule has 0 saturated carbocycles. The third-order valence-electron chi connectivity index (χ3n) is 2.17. The minimum Gasteiger partial charge on any atom is -0.481 e. The molecule has 0 atom stereocenters. The number of halogens is 1. The normalized spacial score (nSPS) is 12.6. The molecule has 1 heterocycles. The number of hydrogen-bond acceptors (Lipinski definition) is 4. The molecular weight excluding hydrogens is 236 g/mol. The fraction of sp³-hybridized carbons (Fsp3) is 0.200. The first kappa shape index (κ1) is 10.8. The van der Waals surface area contributed by atoms with Crippen molar-refractivity contribution >= 4 is 23.9 Å². The molecule has 0 bridgehead atoms. The fourth-order valence-electron chi connectivity index (χ4n) is 1.52. The minimum absolute atomic E-state index is 0.0386. The molecule has 0 aliphatic carbocycles. The Balaban J connectivity index is 2.57. The Morgan fingerprint density at radius 1 is 1.50 bits per heavy atom. The molecule has 0 saturated heterocycles. The molecule has 1 N–H and O–H groups in total. The van der Waals surface area contributed by atoms with E-state index in [9.17, 15) is 9.59 Å². The topological polar surface area (TPSA) is 72.8 Å². The minimum atomic E-state index is -1.03. The van der Waals surface area contributed by atoms with Gasteiger partial charge in [-0.2, -0.15) is 0 Å². The third-order valence-corrected chi connectivity index (χ3v) is 2.51. The van der Waals surface area contributed by atoms with Gasteiger partial charge in [0.1, 0.15) is 0 Å². The molecule has 16 heavy (non-hydrogen) atoms. The summed E-state index contributed by atoms with van der Waals surface area (Å²) < 4.78 is 10.2. The van der Waals surface area contributed by atoms with Gasteiger partial charge < -0.3 is 14.6 Å². The van der Waals surface area contributed by atoms with Crippen molar-refractivity contribution in [3.05, 3.63) is 22.2 Å². The van der Waals surface area contributed by atoms with Crippen LogP contribution in [0.5, 0.6) is 11.5 Å². The lowest BCUT2D eigenvalue weighted by atomic mass is 10.1. The van der Waals surface area contributed by atoms with E-state index in [1.807, 2.05) is 0 Å². The molecule has 0 fully saturated rings. The molecule has 1 aliphatic heterocycles. The highest BCUT2D eigenvalue weighted by Gasteiger charge is 2.25. The van der Waals surface area contributed by atoms with Crippen molar-refractivity contribution in [1.29, 1.82) is 0 Å². The average molecular weight is 243 g/mol. The SMILES string of the molecule is O=Cc1cc(Cl)c(CC(=O)O)c2c1OCO2. The van der Waals surface area contributed by atoms with Crippen molar-refractivity contribution in [2.75, 3.05) is 6.79 Å². The second kappa shape index (κ2) is 4.02. The van der Waals surface area contributed by atoms with Crippen LogP contribution in [0, 0.1) is 0 Å². The monoisotopic (exact) mass is 242 g/mol. The van der Waals surface area contributed by atoms with E-state index in [1.165, 1.54) is 6.07 Å². The van der Waals surface area contributed by atoms with Crippen molar-refractivity contribution in [2.45, 2.75) is 6.42 Å². The first-order valence-electron chi connectivity index (χ1n) is 4.41. The molecule has 84 valence electrons. The quantitative estimate of drug-likeness (QED) is 0.814. The van der Waals surface area contributed by atoms with Crippen molar-refractivity contribution in [3.63, 3.8) is 0 Å². The summed E-state index contributed by atoms with van der Waals surface area (Å²) in [4.78, 5) is 21.4. The molecule has 0 amide bonds. The van der Waals surface area contributed by atoms with E-state index in [0.29, 0.717) is 11.8 Å². The van der Waals surface area contributed by atoms with Crippen LogP contribution in [0.4, 0.5) is 0 Å². The third kappa shape index (κ3) is 1.69. The van der Waals surface area contributed by atoms with Gasteiger partial charge in [-0.25, -0.2) is 0 Å². The highest BCUT2D eigenvalue weighted by Crippen LogP contribution is 2.42. The first-order chi connectivity index (χ1) is 7.63. The van der Waals surface area contributed by atoms with Gasteiger partial charge in [0.25, 0.3) is 0 Å². The summed E-state index contributed by atoms with van der Waals surface area (Å²) in [5.74, 6) is -0.522. The summed E-state index contributed by atoms with van der Waals surface area (Å²) in [6, 6.07) is 1.38. The number of hydrogen-bond donors (Lipinski definition) is 1. The number of aldehydes is 1. The van der Waals surface area contributed by atoms with E-state index in [1.54, 1.807) is 0 Å². The summed E-state index contributed by atoms with van der Waals surface area (Å²) in [5.41, 5.74) is 0.582. The maximum absolute atomic E-state index is 10.7. The molecule has 0 unspecified atom stereocenters. The smallest absolute Gasteiger partial charge is 0.308 e. The molecule has 1 aromatic carbocycles. The van der Waals surface area contributed by atoms with Gasteiger partial charge in [-0.1, -0.05) is 11.6 Å². The number of benzene rings is 1. The van der Waals surface area contributed by atoms with Gasteiger partial charge in [-0.3, -0.25) is 9.59 Å². The maximum Gasteiger partial charge on any atom is 0.308 e. The van der Waals surface area contributed by atoms with E-state index >= 15 is 0 Å². The average Bonchev–Trinajstić information content (AvgIpc) is 2.70. The summed E-state index contributed by atoms with van der Waals surface area (Å²) in [7, 11) is 0. The Labute approximate surface area is 95.5 Å². The van der Waals surface area contributed by atoms with Crippen LogP contribution in [0.15, 0.2) is 6.07 Å². The Kier molecular flexibility index (Phi) is 2.70. The Bertz CT molecular complexity index is 469. The molecule has 0 radical (unpaired) electrons. The first-order valence-corrected chi connectivity index (χ1v) is 4.79. The van der Waals surface area contributed by atoms with E-state index in [4.69, 9.17) is 26.2 Å². The van der Waals surface area contributed by atoms with Crippen LogP contribution in [0.25, 0.3) is 0 Å². The van der Waals surface area contributed by atoms with Crippen molar-refractivity contribution in [3.8, 4) is 11.5 Å². The van der Waals surface area contributed by atoms with Crippen molar-refractivity contribution in [1.82, 2.24) is 0 Å². The Morgan fingerprint density at radius 2 is 2.19 bits per heavy atom. The van der Waals surface area contributed by atoms with Crippen LogP contribution < -0.4 is 9.47 Å². The molecule has 2 rings (SSSR count). The van der Waals surface area contributed by atoms with E-state index in [2.05, 4.69) is 0 Å². The summed E-state index contributed by atoms with van der Waals surface area (Å²) >= 11 is 5.88. The van der Waals surface area contributed by atoms with Crippen LogP contribution in [-0.4, -0.2) is 24.2 Å². The summed E-state index contributed by atoms with van der Waals surface area (Å²) in [6.07, 6.45) is 0.313. The van der Waals surface area contributed by atoms with Gasteiger partial charge >= 0.3 is 5.97 Å². The Hall–Kier alpha value is -1.75. The molecule has 1 aromatic rings. The molecule has 1 aliphatic rings. The number of carbonyl (C=O) groups is 2. The van der Waals surface area contributed by atoms with Gasteiger partial charge in [0, 0.05) is 10.6 Å². The maximum atomic E-state index is 10.7. The van der Waals surface area contributed by atoms with Gasteiger partial charge in [0.2, 0.25) is 6.79 Å². The number of carbonyl (C=O) groups excluding carboxylic acids is 1. The molecule has 6 heteroatoms. The van der Waals surface area contributed by atoms with E-state index in [0.717, 1.165) is 0 Å². The number of fused-ring (bicyclic) bond motifs is 1. The highest BCUT2D eigenvalue weighted by atomic mass is 35.5. The standard InChI is InChI=1S/C10H7ClO5/c11-7-1-5(3-12)9-10(16-4-15-9)6(7)2-8(13)14/h1,3H,2,4H2,(H,13,14). The van der Waals surface area contributed by atoms with Crippen molar-refractivity contribution in [2.24, 2.45) is 0 Å². The van der Waals surface area contributed by atoms with Crippen molar-refractivity contribution < 1.29 is 24.2 Å². The summed E-state index contributed by atoms with van der Waals surface area (Å²) in [5, 5.41) is 8.91. The van der Waals surface area contributed by atoms with Gasteiger partial charge in [0.05, 0.1) is 12.0 Å². The molecule has 5 nitrogen and oxygen atoms in total. The second-order valence-electron chi connectivity index (χ2n) is 3.18. The lowest BCUT2D eigenvalue weighted by Crippen LogP contribution is -2.03. The zero-order valence-electron chi connectivity index (χ0n) is 8.03. The summed E-state index contributed by atoms with van der Waals surface area (Å²) in [6.45, 7) is -0.0386. The molecule has 0 aromatic heterocycles. The predicted octanol–water partition coefficient (Wildman–Crippen LogP) is 1.51. The lowest BCUT2D eigenvalue weighted by Gasteiger charge is -2.07. The predicted molar refractivity (Wildman–Crippen MR) is 54.3 cm³/mol. The van der Waals surface area contributed by atoms with Crippen LogP contribution in [0.3, 0.4) is 0 Å². The largest absolute Gasteiger partial charge is 0.481 e. The van der Waals surface area contributed by atoms with Gasteiger partial charge in [-0.15, -0.1) is 0 Å². The Morgan fingerprint density at radius 3 is 2.81 bits per heavy atom. The zero-order chi connectivity index (χ0) is 11.7. The number of aliphatic carboxylic acids is 1. The van der Waals surface area contributed by atoms with Crippen LogP contribution >= 0.6 is 11.6 Å².